The second-order valence-corrected chi connectivity index (χ2v) is 0.905. The Balaban J connectivity index is 0. The van der Waals surface area contributed by atoms with E-state index in [0.29, 0.717) is 0 Å². The molecular weight excluding hydrogens is 101 g/mol. The summed E-state index contributed by atoms with van der Waals surface area (Å²) in [6, 6.07) is 0. The fourth-order valence-corrected chi connectivity index (χ4v) is 0.144. The van der Waals surface area contributed by atoms with Gasteiger partial charge in [-0.15, -0.1) is 0 Å². The number of hydrogen-bond acceptors (Lipinski definition) is 1. The van der Waals surface area contributed by atoms with Crippen molar-refractivity contribution in [3.05, 3.63) is 12.8 Å². The average molecular weight is 109 g/mol. The summed E-state index contributed by atoms with van der Waals surface area (Å²) in [7, 11) is 0. The summed E-state index contributed by atoms with van der Waals surface area (Å²) >= 11 is 0. The van der Waals surface area contributed by atoms with Crippen LogP contribution >= 0.6 is 0 Å². The molecule has 1 amide bonds. The standard InChI is InChI=1S/C4H7NO.Na.H/c1-3-5-4(2)6;;/h3H,1H2,2H3,(H,5,6);;. The van der Waals surface area contributed by atoms with Crippen molar-refractivity contribution in [2.75, 3.05) is 0 Å². The van der Waals surface area contributed by atoms with Crippen molar-refractivity contribution < 1.29 is 4.79 Å². The van der Waals surface area contributed by atoms with Crippen molar-refractivity contribution in [2.24, 2.45) is 0 Å². The van der Waals surface area contributed by atoms with Crippen LogP contribution in [-0.4, -0.2) is 35.5 Å². The Kier molecular flexibility index (Phi) is 9.09. The summed E-state index contributed by atoms with van der Waals surface area (Å²) in [5, 5.41) is 2.33. The molecule has 0 heterocycles. The summed E-state index contributed by atoms with van der Waals surface area (Å²) in [5.74, 6) is -0.0787. The van der Waals surface area contributed by atoms with E-state index in [9.17, 15) is 4.79 Å². The average Bonchev–Trinajstić information content (AvgIpc) is 1.35. The summed E-state index contributed by atoms with van der Waals surface area (Å²) in [4.78, 5) is 9.86. The van der Waals surface area contributed by atoms with E-state index in [4.69, 9.17) is 0 Å². The third-order valence-electron chi connectivity index (χ3n) is 0.305. The zero-order valence-corrected chi connectivity index (χ0v) is 3.69. The van der Waals surface area contributed by atoms with E-state index in [-0.39, 0.29) is 35.5 Å². The molecule has 0 aromatic rings. The Bertz CT molecular complexity index is 72.1. The molecular formula is C4H8NNaO. The number of carbonyl (C=O) groups excluding carboxylic acids is 1. The topological polar surface area (TPSA) is 29.1 Å². The van der Waals surface area contributed by atoms with Crippen molar-refractivity contribution in [3.8, 4) is 0 Å². The Morgan fingerprint density at radius 1 is 1.86 bits per heavy atom. The summed E-state index contributed by atoms with van der Waals surface area (Å²) in [5.41, 5.74) is 0. The summed E-state index contributed by atoms with van der Waals surface area (Å²) < 4.78 is 0. The van der Waals surface area contributed by atoms with Crippen LogP contribution in [0, 0.1) is 0 Å². The van der Waals surface area contributed by atoms with Crippen LogP contribution < -0.4 is 5.32 Å². The first kappa shape index (κ1) is 10.2. The Morgan fingerprint density at radius 3 is 2.29 bits per heavy atom. The normalized spacial score (nSPS) is 5.86. The first-order valence-corrected chi connectivity index (χ1v) is 1.65. The molecule has 7 heavy (non-hydrogen) atoms. The van der Waals surface area contributed by atoms with Crippen LogP contribution in [0.25, 0.3) is 0 Å². The van der Waals surface area contributed by atoms with Crippen molar-refractivity contribution in [1.82, 2.24) is 5.32 Å². The van der Waals surface area contributed by atoms with Crippen LogP contribution in [0.5, 0.6) is 0 Å². The van der Waals surface area contributed by atoms with Gasteiger partial charge in [0.1, 0.15) is 0 Å². The van der Waals surface area contributed by atoms with Gasteiger partial charge in [0.2, 0.25) is 5.91 Å². The molecule has 0 atom stereocenters. The first-order valence-electron chi connectivity index (χ1n) is 1.65. The molecule has 0 aliphatic rings. The van der Waals surface area contributed by atoms with Gasteiger partial charge in [-0.1, -0.05) is 6.58 Å². The monoisotopic (exact) mass is 109 g/mol. The maximum absolute atomic E-state index is 9.86. The molecule has 0 aliphatic heterocycles. The van der Waals surface area contributed by atoms with Gasteiger partial charge in [-0.3, -0.25) is 4.79 Å². The van der Waals surface area contributed by atoms with E-state index < -0.39 is 0 Å². The molecule has 0 bridgehead atoms. The summed E-state index contributed by atoms with van der Waals surface area (Å²) in [6.07, 6.45) is 1.35. The van der Waals surface area contributed by atoms with Gasteiger partial charge >= 0.3 is 29.6 Å². The minimum atomic E-state index is -0.0787. The Hall–Kier alpha value is 0.210. The van der Waals surface area contributed by atoms with Crippen LogP contribution in [0.3, 0.4) is 0 Å². The molecule has 0 spiro atoms. The van der Waals surface area contributed by atoms with Crippen LogP contribution in [0.1, 0.15) is 6.92 Å². The molecule has 1 N–H and O–H groups in total. The molecule has 36 valence electrons. The van der Waals surface area contributed by atoms with E-state index in [0.717, 1.165) is 0 Å². The first-order chi connectivity index (χ1) is 2.77. The Labute approximate surface area is 65.3 Å². The third kappa shape index (κ3) is 10.7. The van der Waals surface area contributed by atoms with Crippen LogP contribution in [0.2, 0.25) is 0 Å². The molecule has 0 rings (SSSR count). The second kappa shape index (κ2) is 6.21. The molecule has 0 fully saturated rings. The van der Waals surface area contributed by atoms with Crippen LogP contribution in [0.4, 0.5) is 0 Å². The predicted molar refractivity (Wildman–Crippen MR) is 31.2 cm³/mol. The molecule has 0 unspecified atom stereocenters. The zero-order chi connectivity index (χ0) is 4.99. The number of rotatable bonds is 1. The molecule has 0 aromatic carbocycles. The molecule has 0 saturated carbocycles. The predicted octanol–water partition coefficient (Wildman–Crippen LogP) is -0.382. The minimum absolute atomic E-state index is 0. The van der Waals surface area contributed by atoms with Gasteiger partial charge < -0.3 is 5.32 Å². The van der Waals surface area contributed by atoms with Crippen molar-refractivity contribution in [3.63, 3.8) is 0 Å². The quantitative estimate of drug-likeness (QED) is 0.457. The number of carbonyl (C=O) groups is 1. The fourth-order valence-electron chi connectivity index (χ4n) is 0.144. The molecule has 0 aromatic heterocycles. The van der Waals surface area contributed by atoms with Gasteiger partial charge in [0.15, 0.2) is 0 Å². The second-order valence-electron chi connectivity index (χ2n) is 0.905. The molecule has 3 heteroatoms. The third-order valence-corrected chi connectivity index (χ3v) is 0.305. The van der Waals surface area contributed by atoms with Gasteiger partial charge in [-0.25, -0.2) is 0 Å². The van der Waals surface area contributed by atoms with Gasteiger partial charge in [0, 0.05) is 6.92 Å². The SMILES string of the molecule is C=CNC(C)=O.[NaH]. The van der Waals surface area contributed by atoms with E-state index in [1.54, 1.807) is 0 Å². The molecule has 0 saturated heterocycles. The van der Waals surface area contributed by atoms with E-state index in [1.807, 2.05) is 0 Å². The van der Waals surface area contributed by atoms with Gasteiger partial charge in [-0.05, 0) is 6.20 Å². The fraction of sp³-hybridized carbons (Fsp3) is 0.250. The molecule has 2 nitrogen and oxygen atoms in total. The zero-order valence-electron chi connectivity index (χ0n) is 3.69. The van der Waals surface area contributed by atoms with Crippen molar-refractivity contribution in [1.29, 1.82) is 0 Å². The van der Waals surface area contributed by atoms with Gasteiger partial charge in [0.05, 0.1) is 0 Å². The van der Waals surface area contributed by atoms with Crippen LogP contribution in [-0.2, 0) is 4.79 Å². The van der Waals surface area contributed by atoms with Crippen molar-refractivity contribution in [2.45, 2.75) is 6.92 Å². The molecule has 0 aliphatic carbocycles. The van der Waals surface area contributed by atoms with E-state index in [2.05, 4.69) is 11.9 Å². The van der Waals surface area contributed by atoms with Crippen LogP contribution in [0.15, 0.2) is 12.8 Å². The van der Waals surface area contributed by atoms with Crippen molar-refractivity contribution >= 4 is 35.5 Å². The Morgan fingerprint density at radius 2 is 2.29 bits per heavy atom. The molecule has 0 radical (unpaired) electrons. The number of amides is 1. The van der Waals surface area contributed by atoms with Gasteiger partial charge in [0.25, 0.3) is 0 Å². The van der Waals surface area contributed by atoms with E-state index >= 15 is 0 Å². The maximum atomic E-state index is 9.86. The van der Waals surface area contributed by atoms with E-state index in [1.165, 1.54) is 13.1 Å². The number of hydrogen-bond donors (Lipinski definition) is 1. The summed E-state index contributed by atoms with van der Waals surface area (Å²) in [6.45, 7) is 4.70. The van der Waals surface area contributed by atoms with Gasteiger partial charge in [-0.2, -0.15) is 0 Å². The number of nitrogens with one attached hydrogen (secondary N) is 1.